The molecule has 3 rings (SSSR count). The van der Waals surface area contributed by atoms with Gasteiger partial charge in [0.15, 0.2) is 0 Å². The Balaban J connectivity index is 1.59. The molecule has 0 unspecified atom stereocenters. The fraction of sp³-hybridized carbons (Fsp3) is 0.0909. The second-order valence-electron chi connectivity index (χ2n) is 6.22. The quantitative estimate of drug-likeness (QED) is 0.405. The number of benzene rings is 2. The summed E-state index contributed by atoms with van der Waals surface area (Å²) in [6, 6.07) is 16.6. The van der Waals surface area contributed by atoms with E-state index in [2.05, 4.69) is 21.2 Å². The van der Waals surface area contributed by atoms with Crippen molar-refractivity contribution < 1.29 is 19.1 Å². The Labute approximate surface area is 183 Å². The van der Waals surface area contributed by atoms with Gasteiger partial charge in [-0.15, -0.1) is 11.8 Å². The Hall–Kier alpha value is -3.85. The van der Waals surface area contributed by atoms with Gasteiger partial charge in [-0.3, -0.25) is 30.2 Å². The lowest BCUT2D eigenvalue weighted by atomic mass is 10.2. The molecule has 0 radical (unpaired) electrons. The third-order valence-electron chi connectivity index (χ3n) is 4.16. The van der Waals surface area contributed by atoms with Crippen molar-refractivity contribution in [1.82, 2.24) is 21.2 Å². The van der Waals surface area contributed by atoms with Gasteiger partial charge in [0.1, 0.15) is 17.2 Å². The average Bonchev–Trinajstić information content (AvgIpc) is 2.82. The fourth-order valence-corrected chi connectivity index (χ4v) is 3.02. The van der Waals surface area contributed by atoms with Gasteiger partial charge in [-0.25, -0.2) is 0 Å². The fourth-order valence-electron chi connectivity index (χ4n) is 2.56. The van der Waals surface area contributed by atoms with Crippen LogP contribution in [0.3, 0.4) is 0 Å². The highest BCUT2D eigenvalue weighted by Crippen LogP contribution is 2.22. The molecule has 2 aromatic carbocycles. The highest BCUT2D eigenvalue weighted by atomic mass is 32.2. The van der Waals surface area contributed by atoms with Crippen LogP contribution in [0.4, 0.5) is 0 Å². The first-order chi connectivity index (χ1) is 15.0. The standard InChI is InChI=1S/C22H20N4O4S/c1-23-22(29)19-13-17(10-11-24-19)30-16-8-6-14(7-9-16)20(27)25-26-21(28)15-4-3-5-18(12-15)31-2/h3-13H,1-2H3,(H,23,29)(H,25,27)(H,26,28). The maximum Gasteiger partial charge on any atom is 0.269 e. The Morgan fingerprint density at radius 1 is 0.839 bits per heavy atom. The predicted octanol–water partition coefficient (Wildman–Crippen LogP) is 3.03. The van der Waals surface area contributed by atoms with Crippen LogP contribution in [0.15, 0.2) is 71.8 Å². The molecule has 0 aliphatic heterocycles. The molecule has 1 aromatic heterocycles. The SMILES string of the molecule is CNC(=O)c1cc(Oc2ccc(C(=O)NNC(=O)c3cccc(SC)c3)cc2)ccn1. The molecular formula is C22H20N4O4S. The molecule has 3 amide bonds. The summed E-state index contributed by atoms with van der Waals surface area (Å²) in [5, 5.41) is 2.50. The van der Waals surface area contributed by atoms with E-state index in [4.69, 9.17) is 4.74 Å². The number of pyridine rings is 1. The van der Waals surface area contributed by atoms with Crippen molar-refractivity contribution in [2.45, 2.75) is 4.90 Å². The second kappa shape index (κ2) is 10.3. The van der Waals surface area contributed by atoms with Crippen LogP contribution in [0.2, 0.25) is 0 Å². The van der Waals surface area contributed by atoms with E-state index in [1.807, 2.05) is 12.3 Å². The lowest BCUT2D eigenvalue weighted by Crippen LogP contribution is -2.41. The average molecular weight is 436 g/mol. The third-order valence-corrected chi connectivity index (χ3v) is 4.89. The molecule has 1 heterocycles. The van der Waals surface area contributed by atoms with Crippen LogP contribution in [-0.4, -0.2) is 36.0 Å². The first kappa shape index (κ1) is 21.8. The summed E-state index contributed by atoms with van der Waals surface area (Å²) >= 11 is 1.52. The van der Waals surface area contributed by atoms with E-state index < -0.39 is 11.8 Å². The zero-order valence-corrected chi connectivity index (χ0v) is 17.7. The molecule has 0 saturated heterocycles. The molecule has 0 aliphatic carbocycles. The van der Waals surface area contributed by atoms with Crippen molar-refractivity contribution in [3.8, 4) is 11.5 Å². The molecule has 3 aromatic rings. The molecule has 3 N–H and O–H groups in total. The number of carbonyl (C=O) groups is 3. The third kappa shape index (κ3) is 5.83. The van der Waals surface area contributed by atoms with Crippen LogP contribution in [0.25, 0.3) is 0 Å². The summed E-state index contributed by atoms with van der Waals surface area (Å²) in [7, 11) is 1.52. The highest BCUT2D eigenvalue weighted by molar-refractivity contribution is 7.98. The van der Waals surface area contributed by atoms with E-state index in [-0.39, 0.29) is 11.6 Å². The first-order valence-electron chi connectivity index (χ1n) is 9.21. The number of rotatable bonds is 6. The lowest BCUT2D eigenvalue weighted by Gasteiger charge is -2.09. The van der Waals surface area contributed by atoms with Gasteiger partial charge >= 0.3 is 0 Å². The summed E-state index contributed by atoms with van der Waals surface area (Å²) < 4.78 is 5.70. The molecule has 8 nitrogen and oxygen atoms in total. The molecule has 0 saturated carbocycles. The van der Waals surface area contributed by atoms with Gasteiger partial charge in [0, 0.05) is 35.3 Å². The minimum atomic E-state index is -0.466. The molecule has 0 fully saturated rings. The minimum absolute atomic E-state index is 0.231. The first-order valence-corrected chi connectivity index (χ1v) is 10.4. The van der Waals surface area contributed by atoms with Gasteiger partial charge in [0.25, 0.3) is 17.7 Å². The molecule has 0 aliphatic rings. The topological polar surface area (TPSA) is 109 Å². The molecular weight excluding hydrogens is 416 g/mol. The maximum absolute atomic E-state index is 12.3. The summed E-state index contributed by atoms with van der Waals surface area (Å²) in [4.78, 5) is 41.1. The monoisotopic (exact) mass is 436 g/mol. The zero-order valence-electron chi connectivity index (χ0n) is 16.8. The number of aromatic nitrogens is 1. The van der Waals surface area contributed by atoms with E-state index in [0.29, 0.717) is 22.6 Å². The Morgan fingerprint density at radius 3 is 2.23 bits per heavy atom. The van der Waals surface area contributed by atoms with Crippen molar-refractivity contribution in [2.75, 3.05) is 13.3 Å². The molecule has 31 heavy (non-hydrogen) atoms. The van der Waals surface area contributed by atoms with Crippen LogP contribution in [0, 0.1) is 0 Å². The number of nitrogens with zero attached hydrogens (tertiary/aromatic N) is 1. The normalized spacial score (nSPS) is 10.1. The van der Waals surface area contributed by atoms with E-state index >= 15 is 0 Å². The van der Waals surface area contributed by atoms with Crippen LogP contribution in [-0.2, 0) is 0 Å². The largest absolute Gasteiger partial charge is 0.457 e. The smallest absolute Gasteiger partial charge is 0.269 e. The highest BCUT2D eigenvalue weighted by Gasteiger charge is 2.11. The van der Waals surface area contributed by atoms with E-state index in [1.54, 1.807) is 48.5 Å². The molecule has 0 atom stereocenters. The molecule has 0 bridgehead atoms. The van der Waals surface area contributed by atoms with E-state index in [0.717, 1.165) is 4.90 Å². The van der Waals surface area contributed by atoms with Crippen molar-refractivity contribution in [3.63, 3.8) is 0 Å². The van der Waals surface area contributed by atoms with Gasteiger partial charge < -0.3 is 10.1 Å². The maximum atomic E-state index is 12.3. The number of carbonyl (C=O) groups excluding carboxylic acids is 3. The molecule has 9 heteroatoms. The van der Waals surface area contributed by atoms with Crippen LogP contribution in [0.5, 0.6) is 11.5 Å². The van der Waals surface area contributed by atoms with Gasteiger partial charge in [-0.1, -0.05) is 6.07 Å². The van der Waals surface area contributed by atoms with E-state index in [9.17, 15) is 14.4 Å². The number of nitrogens with one attached hydrogen (secondary N) is 3. The number of hydrazine groups is 1. The second-order valence-corrected chi connectivity index (χ2v) is 7.10. The van der Waals surface area contributed by atoms with Crippen molar-refractivity contribution in [3.05, 3.63) is 83.7 Å². The van der Waals surface area contributed by atoms with E-state index in [1.165, 1.54) is 31.1 Å². The van der Waals surface area contributed by atoms with Gasteiger partial charge in [-0.05, 0) is 54.8 Å². The zero-order chi connectivity index (χ0) is 22.2. The number of hydrogen-bond donors (Lipinski definition) is 3. The predicted molar refractivity (Wildman–Crippen MR) is 117 cm³/mol. The van der Waals surface area contributed by atoms with Crippen LogP contribution >= 0.6 is 11.8 Å². The minimum Gasteiger partial charge on any atom is -0.457 e. The summed E-state index contributed by atoms with van der Waals surface area (Å²) in [5.74, 6) is -0.283. The van der Waals surface area contributed by atoms with Crippen molar-refractivity contribution in [1.29, 1.82) is 0 Å². The Kier molecular flexibility index (Phi) is 7.23. The number of thioether (sulfide) groups is 1. The Morgan fingerprint density at radius 2 is 1.55 bits per heavy atom. The lowest BCUT2D eigenvalue weighted by molar-refractivity contribution is 0.0846. The van der Waals surface area contributed by atoms with Crippen LogP contribution in [0.1, 0.15) is 31.2 Å². The van der Waals surface area contributed by atoms with Gasteiger partial charge in [-0.2, -0.15) is 0 Å². The number of hydrogen-bond acceptors (Lipinski definition) is 6. The number of ether oxygens (including phenoxy) is 1. The summed E-state index contributed by atoms with van der Waals surface area (Å²) in [6.45, 7) is 0. The van der Waals surface area contributed by atoms with Crippen molar-refractivity contribution in [2.24, 2.45) is 0 Å². The van der Waals surface area contributed by atoms with Crippen molar-refractivity contribution >= 4 is 29.5 Å². The molecule has 158 valence electrons. The Bertz CT molecular complexity index is 1100. The van der Waals surface area contributed by atoms with Gasteiger partial charge in [0.05, 0.1) is 0 Å². The summed E-state index contributed by atoms with van der Waals surface area (Å²) in [5.41, 5.74) is 5.81. The van der Waals surface area contributed by atoms with Crippen LogP contribution < -0.4 is 20.9 Å². The summed E-state index contributed by atoms with van der Waals surface area (Å²) in [6.07, 6.45) is 3.39. The molecule has 0 spiro atoms. The van der Waals surface area contributed by atoms with Gasteiger partial charge in [0.2, 0.25) is 0 Å². The number of amides is 3.